The molecule has 12 heteroatoms. The van der Waals surface area contributed by atoms with Gasteiger partial charge in [0.15, 0.2) is 0 Å². The Morgan fingerprint density at radius 1 is 0.700 bits per heavy atom. The maximum Gasteiger partial charge on any atom is 2.00 e. The monoisotopic (exact) mass is 436 g/mol. The molecule has 0 heterocycles. The predicted molar refractivity (Wildman–Crippen MR) is 40.5 cm³/mol. The van der Waals surface area contributed by atoms with Crippen molar-refractivity contribution in [3.63, 3.8) is 0 Å². The molecule has 8 nitrogen and oxygen atoms in total. The Bertz CT molecular complexity index is 180. The molecule has 0 aliphatic rings. The van der Waals surface area contributed by atoms with E-state index in [9.17, 15) is 0 Å². The standard InChI is InChI=1S/C2H4O2.6CN.2Cu.Fe.K/c1-2(3)4;6*1-2;;;;/h1H3,(H,3,4);;;;;;;;;;/q;6*-1;3*+2;+1/p-1. The summed E-state index contributed by atoms with van der Waals surface area (Å²) in [6.07, 6.45) is 0. The molecular formula is C8H3Cu2FeKN6O2. The van der Waals surface area contributed by atoms with E-state index < -0.39 is 5.97 Å². The maximum absolute atomic E-state index is 8.89. The van der Waals surface area contributed by atoms with Gasteiger partial charge in [-0.1, -0.05) is 0 Å². The topological polar surface area (TPSA) is 183 Å². The Kier molecular flexibility index (Phi) is 3890. The number of hydrogen-bond donors (Lipinski definition) is 0. The Labute approximate surface area is 193 Å². The van der Waals surface area contributed by atoms with Crippen LogP contribution in [0.15, 0.2) is 0 Å². The fourth-order valence-corrected chi connectivity index (χ4v) is 0. The first-order valence-corrected chi connectivity index (χ1v) is 2.25. The van der Waals surface area contributed by atoms with Crippen molar-refractivity contribution in [1.29, 1.82) is 31.6 Å². The normalized spacial score (nSPS) is 1.85. The number of hydrogen-bond acceptors (Lipinski definition) is 8. The van der Waals surface area contributed by atoms with Crippen molar-refractivity contribution >= 4 is 5.97 Å². The van der Waals surface area contributed by atoms with Gasteiger partial charge in [0.1, 0.15) is 0 Å². The van der Waals surface area contributed by atoms with Crippen molar-refractivity contribution in [1.82, 2.24) is 0 Å². The number of rotatable bonds is 0. The summed E-state index contributed by atoms with van der Waals surface area (Å²) in [5.41, 5.74) is 0. The van der Waals surface area contributed by atoms with Crippen LogP contribution < -0.4 is 56.5 Å². The van der Waals surface area contributed by atoms with Crippen LogP contribution in [0.4, 0.5) is 0 Å². The van der Waals surface area contributed by atoms with E-state index >= 15 is 0 Å². The van der Waals surface area contributed by atoms with Gasteiger partial charge in [0.2, 0.25) is 0 Å². The summed E-state index contributed by atoms with van der Waals surface area (Å²) in [5, 5.41) is 46.4. The molecule has 0 rings (SSSR count). The average molecular weight is 437 g/mol. The van der Waals surface area contributed by atoms with Gasteiger partial charge in [-0.05, 0) is 6.92 Å². The molecule has 0 saturated heterocycles. The van der Waals surface area contributed by atoms with Crippen LogP contribution in [0.1, 0.15) is 6.92 Å². The molecule has 108 valence electrons. The molecule has 0 saturated carbocycles. The minimum atomic E-state index is -1.08. The van der Waals surface area contributed by atoms with Crippen LogP contribution in [0, 0.1) is 71.0 Å². The van der Waals surface area contributed by atoms with Gasteiger partial charge in [0, 0.05) is 5.97 Å². The van der Waals surface area contributed by atoms with Crippen molar-refractivity contribution in [2.75, 3.05) is 0 Å². The van der Waals surface area contributed by atoms with Crippen molar-refractivity contribution in [3.8, 4) is 0 Å². The van der Waals surface area contributed by atoms with Gasteiger partial charge >= 0.3 is 103 Å². The van der Waals surface area contributed by atoms with Gasteiger partial charge in [-0.25, -0.2) is 0 Å². The van der Waals surface area contributed by atoms with E-state index in [0.29, 0.717) is 0 Å². The quantitative estimate of drug-likeness (QED) is 0.274. The van der Waals surface area contributed by atoms with Gasteiger partial charge in [0.05, 0.1) is 0 Å². The number of carbonyl (C=O) groups is 1. The van der Waals surface area contributed by atoms with Crippen LogP contribution in [-0.4, -0.2) is 5.97 Å². The predicted octanol–water partition coefficient (Wildman–Crippen LogP) is -3.67. The second kappa shape index (κ2) is 850. The van der Waals surface area contributed by atoms with Crippen LogP contribution in [-0.2, 0) is 56.0 Å². The Morgan fingerprint density at radius 3 is 0.700 bits per heavy atom. The van der Waals surface area contributed by atoms with E-state index in [2.05, 4.69) is 0 Å². The summed E-state index contributed by atoms with van der Waals surface area (Å²) < 4.78 is 0. The van der Waals surface area contributed by atoms with E-state index in [0.717, 1.165) is 6.92 Å². The summed E-state index contributed by atoms with van der Waals surface area (Å²) in [6, 6.07) is 0. The molecule has 0 amide bonds. The molecule has 0 aromatic carbocycles. The van der Waals surface area contributed by atoms with Gasteiger partial charge in [-0.2, -0.15) is 0 Å². The van der Waals surface area contributed by atoms with Crippen molar-refractivity contribution in [2.24, 2.45) is 0 Å². The zero-order chi connectivity index (χ0) is 15.6. The van der Waals surface area contributed by atoms with Crippen LogP contribution in [0.25, 0.3) is 0 Å². The summed E-state index contributed by atoms with van der Waals surface area (Å²) in [5.74, 6) is -1.08. The molecular weight excluding hydrogens is 434 g/mol. The first-order valence-electron chi connectivity index (χ1n) is 2.25. The third-order valence-electron chi connectivity index (χ3n) is 0. The van der Waals surface area contributed by atoms with E-state index in [-0.39, 0.29) is 103 Å². The molecule has 0 aromatic heterocycles. The molecule has 0 unspecified atom stereocenters. The minimum absolute atomic E-state index is 0. The average Bonchev–Trinajstić information content (AvgIpc) is 2.42. The van der Waals surface area contributed by atoms with Crippen molar-refractivity contribution in [2.45, 2.75) is 6.92 Å². The van der Waals surface area contributed by atoms with Crippen LogP contribution in [0.2, 0.25) is 0 Å². The third-order valence-corrected chi connectivity index (χ3v) is 0. The Morgan fingerprint density at radius 2 is 0.700 bits per heavy atom. The van der Waals surface area contributed by atoms with Crippen LogP contribution in [0.5, 0.6) is 0 Å². The van der Waals surface area contributed by atoms with Gasteiger partial charge in [0.25, 0.3) is 0 Å². The number of carboxylic acid groups (broad SMARTS) is 1. The molecule has 0 fully saturated rings. The second-order valence-electron chi connectivity index (χ2n) is 0.492. The number of aliphatic carboxylic acids is 1. The molecule has 0 aromatic rings. The molecule has 20 heavy (non-hydrogen) atoms. The second-order valence-corrected chi connectivity index (χ2v) is 0.492. The van der Waals surface area contributed by atoms with Crippen molar-refractivity contribution < 1.29 is 112 Å². The van der Waals surface area contributed by atoms with Gasteiger partial charge in [-0.3, -0.25) is 0 Å². The summed E-state index contributed by atoms with van der Waals surface area (Å²) >= 11 is 0. The van der Waals surface area contributed by atoms with Gasteiger partial charge in [-0.15, -0.1) is 0 Å². The van der Waals surface area contributed by atoms with Crippen molar-refractivity contribution in [3.05, 3.63) is 39.4 Å². The van der Waals surface area contributed by atoms with E-state index in [1.807, 2.05) is 0 Å². The number of nitrogens with zero attached hydrogens (tertiary/aromatic N) is 6. The van der Waals surface area contributed by atoms with E-state index in [4.69, 9.17) is 80.9 Å². The van der Waals surface area contributed by atoms with E-state index in [1.165, 1.54) is 0 Å². The number of carboxylic acids is 1. The SMILES string of the molecule is CC(=O)[O-].[C-]#N.[C-]#N.[C-]#N.[C-]#N.[C-]#N.[C-]#N.[Cu+2].[Cu+2].[Fe+2].[K+]. The Hall–Kier alpha value is -0.395. The Balaban J connectivity index is -0.00000000521. The molecule has 0 N–H and O–H groups in total. The zero-order valence-corrected chi connectivity index (χ0v) is 16.1. The summed E-state index contributed by atoms with van der Waals surface area (Å²) in [4.78, 5) is 8.89. The molecule has 0 bridgehead atoms. The molecule has 2 radical (unpaired) electrons. The maximum atomic E-state index is 8.89. The molecule has 0 atom stereocenters. The fourth-order valence-electron chi connectivity index (χ4n) is 0. The zero-order valence-electron chi connectivity index (χ0n) is 9.96. The van der Waals surface area contributed by atoms with Crippen LogP contribution >= 0.6 is 0 Å². The first kappa shape index (κ1) is 91.6. The molecule has 0 aliphatic carbocycles. The summed E-state index contributed by atoms with van der Waals surface area (Å²) in [7, 11) is 0. The first-order chi connectivity index (χ1) is 7.73. The summed E-state index contributed by atoms with van der Waals surface area (Å²) in [6.45, 7) is 29.5. The largest absolute Gasteiger partial charge is 2.00 e. The third kappa shape index (κ3) is 31100. The molecule has 0 aliphatic heterocycles. The number of carbonyl (C=O) groups excluding carboxylic acids is 1. The smallest absolute Gasteiger partial charge is 0.550 e. The van der Waals surface area contributed by atoms with E-state index in [1.54, 1.807) is 0 Å². The van der Waals surface area contributed by atoms with Gasteiger partial charge < -0.3 is 80.9 Å². The fraction of sp³-hybridized carbons (Fsp3) is 0.125. The minimum Gasteiger partial charge on any atom is -0.550 e. The molecule has 0 spiro atoms. The van der Waals surface area contributed by atoms with Crippen LogP contribution in [0.3, 0.4) is 0 Å².